The molecule has 3 heterocycles. The first-order chi connectivity index (χ1) is 8.33. The molecule has 0 spiro atoms. The van der Waals surface area contributed by atoms with Gasteiger partial charge in [-0.2, -0.15) is 0 Å². The molecule has 0 unspecified atom stereocenters. The lowest BCUT2D eigenvalue weighted by atomic mass is 10.0. The van der Waals surface area contributed by atoms with Crippen LogP contribution in [0.4, 0.5) is 0 Å². The van der Waals surface area contributed by atoms with Crippen LogP contribution in [0.1, 0.15) is 20.1 Å². The molecule has 0 aromatic carbocycles. The van der Waals surface area contributed by atoms with Gasteiger partial charge in [-0.25, -0.2) is 0 Å². The Bertz CT molecular complexity index is 408. The first-order valence-electron chi connectivity index (χ1n) is 6.01. The molecule has 0 saturated carbocycles. The molecule has 3 rings (SSSR count). The summed E-state index contributed by atoms with van der Waals surface area (Å²) in [5.74, 6) is 0.674. The smallest absolute Gasteiger partial charge is 0.261 e. The molecule has 1 saturated heterocycles. The lowest BCUT2D eigenvalue weighted by Crippen LogP contribution is -2.48. The minimum Gasteiger partial charge on any atom is -0.376 e. The van der Waals surface area contributed by atoms with Gasteiger partial charge in [0, 0.05) is 36.9 Å². The molecule has 1 aromatic rings. The van der Waals surface area contributed by atoms with Crippen molar-refractivity contribution in [3.05, 3.63) is 21.4 Å². The summed E-state index contributed by atoms with van der Waals surface area (Å²) < 4.78 is 5.38. The summed E-state index contributed by atoms with van der Waals surface area (Å²) in [7, 11) is 0. The van der Waals surface area contributed by atoms with Gasteiger partial charge >= 0.3 is 0 Å². The van der Waals surface area contributed by atoms with E-state index in [2.05, 4.69) is 10.6 Å². The molecule has 0 radical (unpaired) electrons. The second-order valence-corrected chi connectivity index (χ2v) is 5.73. The van der Waals surface area contributed by atoms with Crippen molar-refractivity contribution < 1.29 is 9.53 Å². The molecule has 100 valence electrons. The summed E-state index contributed by atoms with van der Waals surface area (Å²) >= 11 is 1.61. The van der Waals surface area contributed by atoms with Gasteiger partial charge < -0.3 is 15.4 Å². The number of nitrogens with one attached hydrogen (secondary N) is 2. The highest BCUT2D eigenvalue weighted by Crippen LogP contribution is 2.26. The van der Waals surface area contributed by atoms with E-state index in [0.29, 0.717) is 12.5 Å². The number of hydrogen-bond acceptors (Lipinski definition) is 4. The van der Waals surface area contributed by atoms with Crippen LogP contribution >= 0.6 is 23.7 Å². The molecule has 6 heteroatoms. The van der Waals surface area contributed by atoms with E-state index in [1.807, 2.05) is 6.07 Å². The van der Waals surface area contributed by atoms with Gasteiger partial charge in [-0.05, 0) is 11.6 Å². The summed E-state index contributed by atoms with van der Waals surface area (Å²) in [6, 6.07) is 1.98. The van der Waals surface area contributed by atoms with Crippen LogP contribution in [0.15, 0.2) is 6.07 Å². The number of carbonyl (C=O) groups excluding carboxylic acids is 1. The Morgan fingerprint density at radius 1 is 1.56 bits per heavy atom. The van der Waals surface area contributed by atoms with Crippen LogP contribution in [-0.4, -0.2) is 32.1 Å². The zero-order chi connectivity index (χ0) is 11.7. The average molecular weight is 289 g/mol. The summed E-state index contributed by atoms with van der Waals surface area (Å²) in [6.45, 7) is 4.27. The van der Waals surface area contributed by atoms with Crippen molar-refractivity contribution in [1.29, 1.82) is 0 Å². The van der Waals surface area contributed by atoms with E-state index in [-0.39, 0.29) is 18.3 Å². The molecule has 0 aliphatic carbocycles. The van der Waals surface area contributed by atoms with Crippen molar-refractivity contribution in [3.63, 3.8) is 0 Å². The van der Waals surface area contributed by atoms with E-state index in [1.54, 1.807) is 11.3 Å². The van der Waals surface area contributed by atoms with Gasteiger partial charge in [-0.15, -0.1) is 23.7 Å². The molecule has 0 atom stereocenters. The van der Waals surface area contributed by atoms with Crippen LogP contribution in [0.3, 0.4) is 0 Å². The lowest BCUT2D eigenvalue weighted by molar-refractivity contribution is 0.0946. The zero-order valence-electron chi connectivity index (χ0n) is 10.0. The zero-order valence-corrected chi connectivity index (χ0v) is 11.7. The first-order valence-corrected chi connectivity index (χ1v) is 6.83. The third kappa shape index (κ3) is 2.85. The largest absolute Gasteiger partial charge is 0.376 e. The monoisotopic (exact) mass is 288 g/mol. The summed E-state index contributed by atoms with van der Waals surface area (Å²) in [4.78, 5) is 14.1. The minimum absolute atomic E-state index is 0. The Kier molecular flexibility index (Phi) is 4.61. The number of rotatable bonds is 3. The van der Waals surface area contributed by atoms with Gasteiger partial charge in [0.2, 0.25) is 0 Å². The molecule has 4 nitrogen and oxygen atoms in total. The molecular formula is C12H17ClN2O2S. The van der Waals surface area contributed by atoms with E-state index in [1.165, 1.54) is 10.4 Å². The van der Waals surface area contributed by atoms with Crippen molar-refractivity contribution >= 4 is 29.7 Å². The summed E-state index contributed by atoms with van der Waals surface area (Å²) in [5, 5.41) is 6.20. The van der Waals surface area contributed by atoms with Crippen LogP contribution in [0.5, 0.6) is 0 Å². The fourth-order valence-electron chi connectivity index (χ4n) is 2.08. The minimum atomic E-state index is 0. The Balaban J connectivity index is 0.00000120. The topological polar surface area (TPSA) is 50.4 Å². The van der Waals surface area contributed by atoms with E-state index in [4.69, 9.17) is 4.74 Å². The normalized spacial score (nSPS) is 18.4. The average Bonchev–Trinajstić information content (AvgIpc) is 2.70. The van der Waals surface area contributed by atoms with E-state index < -0.39 is 0 Å². The standard InChI is InChI=1S/C12H16N2O2S.ClH/c15-12(14-6-8-4-13-5-8)11-3-9-7-16-2-1-10(9)17-11;/h3,8,13H,1-2,4-7H2,(H,14,15);1H. The lowest BCUT2D eigenvalue weighted by Gasteiger charge is -2.26. The van der Waals surface area contributed by atoms with Gasteiger partial charge in [0.15, 0.2) is 0 Å². The predicted octanol–water partition coefficient (Wildman–Crippen LogP) is 1.19. The van der Waals surface area contributed by atoms with Crippen molar-refractivity contribution in [2.24, 2.45) is 5.92 Å². The van der Waals surface area contributed by atoms with Crippen LogP contribution in [0, 0.1) is 5.92 Å². The highest BCUT2D eigenvalue weighted by Gasteiger charge is 2.20. The maximum absolute atomic E-state index is 11.9. The SMILES string of the molecule is Cl.O=C(NCC1CNC1)c1cc2c(s1)CCOC2. The van der Waals surface area contributed by atoms with Crippen molar-refractivity contribution in [3.8, 4) is 0 Å². The molecule has 2 aliphatic heterocycles. The molecule has 1 amide bonds. The number of fused-ring (bicyclic) bond motifs is 1. The Hall–Kier alpha value is -0.620. The maximum Gasteiger partial charge on any atom is 0.261 e. The van der Waals surface area contributed by atoms with Crippen LogP contribution in [0.2, 0.25) is 0 Å². The highest BCUT2D eigenvalue weighted by molar-refractivity contribution is 7.14. The van der Waals surface area contributed by atoms with Gasteiger partial charge in [0.1, 0.15) is 0 Å². The number of carbonyl (C=O) groups is 1. The first kappa shape index (κ1) is 13.8. The van der Waals surface area contributed by atoms with Crippen molar-refractivity contribution in [2.45, 2.75) is 13.0 Å². The second-order valence-electron chi connectivity index (χ2n) is 4.60. The second kappa shape index (κ2) is 6.02. The van der Waals surface area contributed by atoms with Crippen LogP contribution < -0.4 is 10.6 Å². The third-order valence-electron chi connectivity index (χ3n) is 3.27. The predicted molar refractivity (Wildman–Crippen MR) is 73.6 cm³/mol. The third-order valence-corrected chi connectivity index (χ3v) is 4.50. The number of amides is 1. The molecular weight excluding hydrogens is 272 g/mol. The molecule has 1 aromatic heterocycles. The molecule has 0 bridgehead atoms. The Labute approximate surface area is 117 Å². The number of halogens is 1. The van der Waals surface area contributed by atoms with Crippen LogP contribution in [-0.2, 0) is 17.8 Å². The molecule has 2 N–H and O–H groups in total. The molecule has 2 aliphatic rings. The number of hydrogen-bond donors (Lipinski definition) is 2. The van der Waals surface area contributed by atoms with E-state index >= 15 is 0 Å². The number of ether oxygens (including phenoxy) is 1. The van der Waals surface area contributed by atoms with Crippen molar-refractivity contribution in [1.82, 2.24) is 10.6 Å². The Morgan fingerprint density at radius 3 is 3.06 bits per heavy atom. The quantitative estimate of drug-likeness (QED) is 0.878. The van der Waals surface area contributed by atoms with Crippen molar-refractivity contribution in [2.75, 3.05) is 26.2 Å². The number of thiophene rings is 1. The van der Waals surface area contributed by atoms with E-state index in [9.17, 15) is 4.79 Å². The van der Waals surface area contributed by atoms with Gasteiger partial charge in [-0.1, -0.05) is 0 Å². The molecule has 1 fully saturated rings. The van der Waals surface area contributed by atoms with Crippen LogP contribution in [0.25, 0.3) is 0 Å². The van der Waals surface area contributed by atoms with E-state index in [0.717, 1.165) is 37.5 Å². The Morgan fingerprint density at radius 2 is 2.39 bits per heavy atom. The maximum atomic E-state index is 11.9. The fraction of sp³-hybridized carbons (Fsp3) is 0.583. The highest BCUT2D eigenvalue weighted by atomic mass is 35.5. The summed E-state index contributed by atoms with van der Waals surface area (Å²) in [6.07, 6.45) is 0.944. The van der Waals surface area contributed by atoms with Gasteiger partial charge in [0.05, 0.1) is 18.1 Å². The molecule has 18 heavy (non-hydrogen) atoms. The fourth-order valence-corrected chi connectivity index (χ4v) is 3.14. The summed E-state index contributed by atoms with van der Waals surface area (Å²) in [5.41, 5.74) is 1.19. The van der Waals surface area contributed by atoms with Gasteiger partial charge in [-0.3, -0.25) is 4.79 Å². The van der Waals surface area contributed by atoms with Gasteiger partial charge in [0.25, 0.3) is 5.91 Å².